The van der Waals surface area contributed by atoms with Crippen LogP contribution < -0.4 is 4.90 Å². The molecule has 28 heavy (non-hydrogen) atoms. The third kappa shape index (κ3) is 4.40. The molecule has 2 aliphatic heterocycles. The van der Waals surface area contributed by atoms with Gasteiger partial charge in [-0.3, -0.25) is 0 Å². The lowest BCUT2D eigenvalue weighted by molar-refractivity contribution is -0.0989. The number of aromatic nitrogens is 2. The predicted molar refractivity (Wildman–Crippen MR) is 111 cm³/mol. The number of benzene rings is 1. The van der Waals surface area contributed by atoms with E-state index in [4.69, 9.17) is 9.47 Å². The SMILES string of the molecule is Cc1cc(C)n(-c2ccc(N3CCC(N(C)C[C@@H]4COCCO4)CC3)cc2)n1. The molecule has 2 fully saturated rings. The number of anilines is 1. The fourth-order valence-electron chi connectivity index (χ4n) is 4.37. The molecular weight excluding hydrogens is 352 g/mol. The van der Waals surface area contributed by atoms with Crippen LogP contribution in [0.5, 0.6) is 0 Å². The van der Waals surface area contributed by atoms with Gasteiger partial charge < -0.3 is 19.3 Å². The standard InChI is InChI=1S/C22H32N4O2/c1-17-14-18(2)26(23-17)21-6-4-20(5-7-21)25-10-8-19(9-11-25)24(3)15-22-16-27-12-13-28-22/h4-7,14,19,22H,8-13,15-16H2,1-3H3/t22-/m1/s1. The monoisotopic (exact) mass is 384 g/mol. The molecule has 0 bridgehead atoms. The molecule has 1 atom stereocenters. The van der Waals surface area contributed by atoms with E-state index < -0.39 is 0 Å². The Morgan fingerprint density at radius 2 is 1.79 bits per heavy atom. The van der Waals surface area contributed by atoms with Crippen molar-refractivity contribution in [2.45, 2.75) is 38.8 Å². The van der Waals surface area contributed by atoms with E-state index in [1.165, 1.54) is 24.2 Å². The Morgan fingerprint density at radius 3 is 2.39 bits per heavy atom. The molecule has 2 aliphatic rings. The van der Waals surface area contributed by atoms with E-state index in [0.29, 0.717) is 6.04 Å². The van der Waals surface area contributed by atoms with Crippen LogP contribution in [0.4, 0.5) is 5.69 Å². The molecule has 0 N–H and O–H groups in total. The van der Waals surface area contributed by atoms with Gasteiger partial charge in [0.15, 0.2) is 0 Å². The Kier molecular flexibility index (Phi) is 5.99. The highest BCUT2D eigenvalue weighted by Gasteiger charge is 2.25. The Bertz CT molecular complexity index is 759. The lowest BCUT2D eigenvalue weighted by Crippen LogP contribution is -2.47. The first kappa shape index (κ1) is 19.4. The summed E-state index contributed by atoms with van der Waals surface area (Å²) in [5.74, 6) is 0. The zero-order valence-corrected chi connectivity index (χ0v) is 17.3. The van der Waals surface area contributed by atoms with Gasteiger partial charge in [0.05, 0.1) is 37.3 Å². The number of hydrogen-bond donors (Lipinski definition) is 0. The molecule has 0 saturated carbocycles. The molecule has 0 unspecified atom stereocenters. The minimum atomic E-state index is 0.221. The molecule has 0 spiro atoms. The summed E-state index contributed by atoms with van der Waals surface area (Å²) < 4.78 is 13.3. The van der Waals surface area contributed by atoms with Crippen LogP contribution in [-0.2, 0) is 9.47 Å². The highest BCUT2D eigenvalue weighted by molar-refractivity contribution is 5.51. The van der Waals surface area contributed by atoms with Crippen molar-refractivity contribution in [2.24, 2.45) is 0 Å². The molecule has 0 radical (unpaired) electrons. The molecule has 0 aliphatic carbocycles. The summed E-state index contributed by atoms with van der Waals surface area (Å²) in [4.78, 5) is 4.96. The molecule has 0 amide bonds. The first-order valence-electron chi connectivity index (χ1n) is 10.4. The Morgan fingerprint density at radius 1 is 1.07 bits per heavy atom. The van der Waals surface area contributed by atoms with Crippen LogP contribution in [0.25, 0.3) is 5.69 Å². The molecule has 152 valence electrons. The van der Waals surface area contributed by atoms with Crippen LogP contribution in [0.1, 0.15) is 24.2 Å². The van der Waals surface area contributed by atoms with Gasteiger partial charge in [0.2, 0.25) is 0 Å². The Labute approximate surface area is 168 Å². The van der Waals surface area contributed by atoms with Crippen LogP contribution in [0.3, 0.4) is 0 Å². The minimum absolute atomic E-state index is 0.221. The highest BCUT2D eigenvalue weighted by atomic mass is 16.6. The van der Waals surface area contributed by atoms with Crippen molar-refractivity contribution >= 4 is 5.69 Å². The highest BCUT2D eigenvalue weighted by Crippen LogP contribution is 2.24. The Hall–Kier alpha value is -1.89. The zero-order valence-electron chi connectivity index (χ0n) is 17.3. The molecule has 2 saturated heterocycles. The van der Waals surface area contributed by atoms with E-state index >= 15 is 0 Å². The molecular formula is C22H32N4O2. The van der Waals surface area contributed by atoms with Crippen LogP contribution in [0, 0.1) is 13.8 Å². The second-order valence-corrected chi connectivity index (χ2v) is 8.08. The van der Waals surface area contributed by atoms with Crippen molar-refractivity contribution in [3.05, 3.63) is 41.7 Å². The summed E-state index contributed by atoms with van der Waals surface area (Å²) >= 11 is 0. The second kappa shape index (κ2) is 8.64. The van der Waals surface area contributed by atoms with E-state index in [-0.39, 0.29) is 6.10 Å². The van der Waals surface area contributed by atoms with Gasteiger partial charge in [0.25, 0.3) is 0 Å². The largest absolute Gasteiger partial charge is 0.376 e. The minimum Gasteiger partial charge on any atom is -0.376 e. The summed E-state index contributed by atoms with van der Waals surface area (Å²) in [6, 6.07) is 11.5. The number of aryl methyl sites for hydroxylation is 2. The maximum atomic E-state index is 5.80. The first-order valence-corrected chi connectivity index (χ1v) is 10.4. The topological polar surface area (TPSA) is 42.8 Å². The fourth-order valence-corrected chi connectivity index (χ4v) is 4.37. The smallest absolute Gasteiger partial charge is 0.0936 e. The lowest BCUT2D eigenvalue weighted by atomic mass is 10.0. The van der Waals surface area contributed by atoms with Gasteiger partial charge >= 0.3 is 0 Å². The van der Waals surface area contributed by atoms with Crippen molar-refractivity contribution < 1.29 is 9.47 Å². The van der Waals surface area contributed by atoms with Gasteiger partial charge in [0.1, 0.15) is 0 Å². The molecule has 1 aromatic carbocycles. The molecule has 2 aromatic rings. The van der Waals surface area contributed by atoms with Crippen LogP contribution in [-0.4, -0.2) is 73.3 Å². The third-order valence-electron chi connectivity index (χ3n) is 5.93. The number of hydrogen-bond acceptors (Lipinski definition) is 5. The van der Waals surface area contributed by atoms with E-state index in [0.717, 1.165) is 50.8 Å². The average molecular weight is 385 g/mol. The third-order valence-corrected chi connectivity index (χ3v) is 5.93. The van der Waals surface area contributed by atoms with Crippen molar-refractivity contribution in [3.8, 4) is 5.69 Å². The summed E-state index contributed by atoms with van der Waals surface area (Å²) in [5, 5.41) is 4.58. The summed E-state index contributed by atoms with van der Waals surface area (Å²) in [7, 11) is 2.22. The van der Waals surface area contributed by atoms with Crippen molar-refractivity contribution in [3.63, 3.8) is 0 Å². The van der Waals surface area contributed by atoms with E-state index in [1.54, 1.807) is 0 Å². The van der Waals surface area contributed by atoms with Crippen LogP contribution in [0.2, 0.25) is 0 Å². The van der Waals surface area contributed by atoms with Crippen LogP contribution >= 0.6 is 0 Å². The number of likely N-dealkylation sites (N-methyl/N-ethyl adjacent to an activating group) is 1. The van der Waals surface area contributed by atoms with E-state index in [9.17, 15) is 0 Å². The van der Waals surface area contributed by atoms with Gasteiger partial charge in [-0.2, -0.15) is 5.10 Å². The summed E-state index contributed by atoms with van der Waals surface area (Å²) in [6.07, 6.45) is 2.59. The van der Waals surface area contributed by atoms with Gasteiger partial charge in [-0.15, -0.1) is 0 Å². The summed E-state index contributed by atoms with van der Waals surface area (Å²) in [6.45, 7) is 9.47. The molecule has 6 nitrogen and oxygen atoms in total. The van der Waals surface area contributed by atoms with E-state index in [2.05, 4.69) is 59.2 Å². The number of rotatable bonds is 5. The predicted octanol–water partition coefficient (Wildman–Crippen LogP) is 2.81. The second-order valence-electron chi connectivity index (χ2n) is 8.08. The quantitative estimate of drug-likeness (QED) is 0.793. The Balaban J connectivity index is 1.31. The van der Waals surface area contributed by atoms with Gasteiger partial charge in [-0.05, 0) is 64.1 Å². The molecule has 4 rings (SSSR count). The zero-order chi connectivity index (χ0) is 19.5. The number of nitrogens with zero attached hydrogens (tertiary/aromatic N) is 4. The molecule has 1 aromatic heterocycles. The maximum Gasteiger partial charge on any atom is 0.0936 e. The van der Waals surface area contributed by atoms with Gasteiger partial charge in [-0.1, -0.05) is 0 Å². The average Bonchev–Trinajstić information content (AvgIpc) is 3.07. The molecule has 3 heterocycles. The number of piperidine rings is 1. The fraction of sp³-hybridized carbons (Fsp3) is 0.591. The molecule has 6 heteroatoms. The van der Waals surface area contributed by atoms with Crippen molar-refractivity contribution in [1.82, 2.24) is 14.7 Å². The normalized spacial score (nSPS) is 21.4. The van der Waals surface area contributed by atoms with Gasteiger partial charge in [0, 0.05) is 37.1 Å². The maximum absolute atomic E-state index is 5.80. The number of ether oxygens (including phenoxy) is 2. The summed E-state index contributed by atoms with van der Waals surface area (Å²) in [5.41, 5.74) is 4.65. The van der Waals surface area contributed by atoms with Crippen LogP contribution in [0.15, 0.2) is 30.3 Å². The van der Waals surface area contributed by atoms with Crippen molar-refractivity contribution in [1.29, 1.82) is 0 Å². The van der Waals surface area contributed by atoms with Gasteiger partial charge in [-0.25, -0.2) is 4.68 Å². The van der Waals surface area contributed by atoms with Crippen molar-refractivity contribution in [2.75, 3.05) is 51.4 Å². The lowest BCUT2D eigenvalue weighted by Gasteiger charge is -2.39. The first-order chi connectivity index (χ1) is 13.6. The van der Waals surface area contributed by atoms with E-state index in [1.807, 2.05) is 11.6 Å².